The Kier molecular flexibility index (Phi) is 6.05. The van der Waals surface area contributed by atoms with Crippen molar-refractivity contribution in [1.82, 2.24) is 0 Å². The molecule has 0 aliphatic carbocycles. The summed E-state index contributed by atoms with van der Waals surface area (Å²) in [5, 5.41) is 0. The zero-order chi connectivity index (χ0) is 17.0. The number of fused-ring (bicyclic) bond motifs is 1. The highest BCUT2D eigenvalue weighted by Gasteiger charge is 2.33. The van der Waals surface area contributed by atoms with Crippen molar-refractivity contribution in [3.8, 4) is 5.75 Å². The number of benzene rings is 1. The molecule has 2 atom stereocenters. The third-order valence-corrected chi connectivity index (χ3v) is 4.54. The Morgan fingerprint density at radius 3 is 2.61 bits per heavy atom. The van der Waals surface area contributed by atoms with Gasteiger partial charge in [0.05, 0.1) is 5.69 Å². The summed E-state index contributed by atoms with van der Waals surface area (Å²) < 4.78 is 5.89. The van der Waals surface area contributed by atoms with Crippen molar-refractivity contribution in [1.29, 1.82) is 0 Å². The van der Waals surface area contributed by atoms with Gasteiger partial charge in [-0.2, -0.15) is 0 Å². The maximum absolute atomic E-state index is 12.7. The second kappa shape index (κ2) is 7.82. The second-order valence-corrected chi connectivity index (χ2v) is 6.71. The molecule has 1 aliphatic heterocycles. The predicted octanol–water partition coefficient (Wildman–Crippen LogP) is 4.04. The number of rotatable bonds is 7. The van der Waals surface area contributed by atoms with E-state index in [0.717, 1.165) is 42.8 Å². The van der Waals surface area contributed by atoms with Crippen LogP contribution in [0.25, 0.3) is 0 Å². The molecule has 4 heteroatoms. The summed E-state index contributed by atoms with van der Waals surface area (Å²) in [7, 11) is 0. The number of nitrogens with two attached hydrogens (primary N) is 1. The molecule has 0 aromatic heterocycles. The molecule has 2 N–H and O–H groups in total. The largest absolute Gasteiger partial charge is 0.478 e. The smallest absolute Gasteiger partial charge is 0.268 e. The van der Waals surface area contributed by atoms with E-state index in [9.17, 15) is 4.79 Å². The first-order valence-electron chi connectivity index (χ1n) is 8.87. The van der Waals surface area contributed by atoms with Crippen LogP contribution in [0.4, 0.5) is 5.69 Å². The molecule has 23 heavy (non-hydrogen) atoms. The van der Waals surface area contributed by atoms with Crippen LogP contribution in [-0.4, -0.2) is 18.6 Å². The summed E-state index contributed by atoms with van der Waals surface area (Å²) in [6.07, 6.45) is 3.60. The van der Waals surface area contributed by atoms with Gasteiger partial charge < -0.3 is 15.4 Å². The number of hydrogen-bond acceptors (Lipinski definition) is 3. The number of hydrogen-bond donors (Lipinski definition) is 1. The topological polar surface area (TPSA) is 55.6 Å². The number of carbonyl (C=O) groups excluding carboxylic acids is 1. The highest BCUT2D eigenvalue weighted by atomic mass is 16.5. The maximum atomic E-state index is 12.7. The van der Waals surface area contributed by atoms with Crippen LogP contribution in [0.15, 0.2) is 18.2 Å². The number of nitrogens with zero attached hydrogens (tertiary/aromatic N) is 1. The second-order valence-electron chi connectivity index (χ2n) is 6.71. The zero-order valence-electron chi connectivity index (χ0n) is 14.8. The van der Waals surface area contributed by atoms with Gasteiger partial charge in [0.2, 0.25) is 0 Å². The number of unbranched alkanes of at least 4 members (excludes halogenated alkanes) is 2. The minimum Gasteiger partial charge on any atom is -0.478 e. The van der Waals surface area contributed by atoms with Gasteiger partial charge in [-0.3, -0.25) is 4.79 Å². The third kappa shape index (κ3) is 3.86. The van der Waals surface area contributed by atoms with Gasteiger partial charge in [0.15, 0.2) is 6.10 Å². The lowest BCUT2D eigenvalue weighted by atomic mass is 9.95. The van der Waals surface area contributed by atoms with E-state index in [1.165, 1.54) is 0 Å². The molecule has 0 fully saturated rings. The van der Waals surface area contributed by atoms with Gasteiger partial charge in [-0.05, 0) is 36.5 Å². The Morgan fingerprint density at radius 2 is 2.00 bits per heavy atom. The summed E-state index contributed by atoms with van der Waals surface area (Å²) in [6.45, 7) is 9.13. The summed E-state index contributed by atoms with van der Waals surface area (Å²) in [6, 6.07) is 6.00. The molecule has 1 aliphatic rings. The van der Waals surface area contributed by atoms with E-state index in [-0.39, 0.29) is 18.1 Å². The highest BCUT2D eigenvalue weighted by molar-refractivity contribution is 6.00. The molecule has 0 saturated carbocycles. The van der Waals surface area contributed by atoms with E-state index in [4.69, 9.17) is 10.5 Å². The van der Waals surface area contributed by atoms with Crippen LogP contribution in [-0.2, 0) is 4.79 Å². The van der Waals surface area contributed by atoms with Crippen molar-refractivity contribution in [3.05, 3.63) is 23.8 Å². The van der Waals surface area contributed by atoms with Crippen molar-refractivity contribution in [2.75, 3.05) is 11.4 Å². The van der Waals surface area contributed by atoms with Crippen molar-refractivity contribution >= 4 is 11.6 Å². The normalized spacial score (nSPS) is 18.8. The van der Waals surface area contributed by atoms with Crippen molar-refractivity contribution < 1.29 is 9.53 Å². The average molecular weight is 318 g/mol. The van der Waals surface area contributed by atoms with Gasteiger partial charge in [0, 0.05) is 12.6 Å². The molecule has 1 aromatic carbocycles. The van der Waals surface area contributed by atoms with Crippen LogP contribution in [0, 0.1) is 5.92 Å². The SMILES string of the molecule is CCCCCN1C(=O)C(CC)Oc2ccc(C(N)C(C)C)cc21. The summed E-state index contributed by atoms with van der Waals surface area (Å²) in [5.41, 5.74) is 8.22. The lowest BCUT2D eigenvalue weighted by Crippen LogP contribution is -2.46. The molecule has 128 valence electrons. The van der Waals surface area contributed by atoms with Crippen molar-refractivity contribution in [2.24, 2.45) is 11.7 Å². The highest BCUT2D eigenvalue weighted by Crippen LogP contribution is 2.37. The fourth-order valence-electron chi connectivity index (χ4n) is 2.94. The van der Waals surface area contributed by atoms with Crippen molar-refractivity contribution in [2.45, 2.75) is 65.5 Å². The van der Waals surface area contributed by atoms with Crippen molar-refractivity contribution in [3.63, 3.8) is 0 Å². The molecule has 0 saturated heterocycles. The van der Waals surface area contributed by atoms with Gasteiger partial charge in [-0.15, -0.1) is 0 Å². The van der Waals surface area contributed by atoms with Gasteiger partial charge in [0.25, 0.3) is 5.91 Å². The minimum atomic E-state index is -0.367. The Morgan fingerprint density at radius 1 is 1.26 bits per heavy atom. The van der Waals surface area contributed by atoms with Gasteiger partial charge >= 0.3 is 0 Å². The zero-order valence-corrected chi connectivity index (χ0v) is 14.8. The Bertz CT molecular complexity index is 542. The third-order valence-electron chi connectivity index (χ3n) is 4.54. The molecule has 0 bridgehead atoms. The predicted molar refractivity (Wildman–Crippen MR) is 94.8 cm³/mol. The molecular weight excluding hydrogens is 288 g/mol. The molecule has 0 radical (unpaired) electrons. The molecule has 1 aromatic rings. The van der Waals surface area contributed by atoms with E-state index in [2.05, 4.69) is 20.8 Å². The maximum Gasteiger partial charge on any atom is 0.268 e. The summed E-state index contributed by atoms with van der Waals surface area (Å²) in [4.78, 5) is 14.6. The summed E-state index contributed by atoms with van der Waals surface area (Å²) in [5.74, 6) is 1.23. The minimum absolute atomic E-state index is 0.0307. The summed E-state index contributed by atoms with van der Waals surface area (Å²) >= 11 is 0. The Hall–Kier alpha value is -1.55. The first kappa shape index (κ1) is 17.8. The number of anilines is 1. The molecule has 1 heterocycles. The van der Waals surface area contributed by atoms with Crippen LogP contribution >= 0.6 is 0 Å². The van der Waals surface area contributed by atoms with Gasteiger partial charge in [0.1, 0.15) is 5.75 Å². The Labute approximate surface area is 140 Å². The number of ether oxygens (including phenoxy) is 1. The molecule has 4 nitrogen and oxygen atoms in total. The standard InChI is InChI=1S/C19H30N2O2/c1-5-7-8-11-21-15-12-14(18(20)13(3)4)9-10-17(15)23-16(6-2)19(21)22/h9-10,12-13,16,18H,5-8,11,20H2,1-4H3. The fraction of sp³-hybridized carbons (Fsp3) is 0.632. The molecule has 1 amide bonds. The monoisotopic (exact) mass is 318 g/mol. The van der Waals surface area contributed by atoms with Crippen LogP contribution in [0.2, 0.25) is 0 Å². The van der Waals surface area contributed by atoms with Gasteiger partial charge in [-0.25, -0.2) is 0 Å². The molecule has 2 rings (SSSR count). The fourth-order valence-corrected chi connectivity index (χ4v) is 2.94. The molecule has 2 unspecified atom stereocenters. The van der Waals surface area contributed by atoms with E-state index < -0.39 is 0 Å². The van der Waals surface area contributed by atoms with E-state index >= 15 is 0 Å². The quantitative estimate of drug-likeness (QED) is 0.772. The van der Waals surface area contributed by atoms with Crippen LogP contribution < -0.4 is 15.4 Å². The lowest BCUT2D eigenvalue weighted by Gasteiger charge is -2.35. The van der Waals surface area contributed by atoms with Crippen LogP contribution in [0.5, 0.6) is 5.75 Å². The van der Waals surface area contributed by atoms with E-state index in [1.807, 2.05) is 30.0 Å². The first-order valence-corrected chi connectivity index (χ1v) is 8.87. The number of carbonyl (C=O) groups is 1. The number of amides is 1. The van der Waals surface area contributed by atoms with E-state index in [1.54, 1.807) is 0 Å². The molecule has 0 spiro atoms. The first-order chi connectivity index (χ1) is 11.0. The Balaban J connectivity index is 2.34. The molecular formula is C19H30N2O2. The lowest BCUT2D eigenvalue weighted by molar-refractivity contribution is -0.126. The van der Waals surface area contributed by atoms with E-state index in [0.29, 0.717) is 12.3 Å². The average Bonchev–Trinajstić information content (AvgIpc) is 2.55. The van der Waals surface area contributed by atoms with Crippen LogP contribution in [0.3, 0.4) is 0 Å². The van der Waals surface area contributed by atoms with Gasteiger partial charge in [-0.1, -0.05) is 46.6 Å². The van der Waals surface area contributed by atoms with Crippen LogP contribution in [0.1, 0.15) is 65.0 Å².